The average molecular weight is 365 g/mol. The molecule has 0 aromatic heterocycles. The van der Waals surface area contributed by atoms with Crippen LogP contribution in [0.4, 0.5) is 8.78 Å². The zero-order valence-electron chi connectivity index (χ0n) is 13.4. The Kier molecular flexibility index (Phi) is 4.96. The van der Waals surface area contributed by atoms with Gasteiger partial charge in [-0.05, 0) is 49.2 Å². The van der Waals surface area contributed by atoms with Crippen molar-refractivity contribution >= 4 is 15.8 Å². The summed E-state index contributed by atoms with van der Waals surface area (Å²) in [6.07, 6.45) is 0.702. The summed E-state index contributed by atoms with van der Waals surface area (Å²) in [6.45, 7) is 0.294. The van der Waals surface area contributed by atoms with Crippen molar-refractivity contribution in [3.8, 4) is 0 Å². The van der Waals surface area contributed by atoms with Crippen molar-refractivity contribution in [2.45, 2.75) is 17.7 Å². The number of halogens is 2. The van der Waals surface area contributed by atoms with E-state index in [9.17, 15) is 22.0 Å². The van der Waals surface area contributed by atoms with E-state index in [1.807, 2.05) is 0 Å². The van der Waals surface area contributed by atoms with E-state index >= 15 is 0 Å². The van der Waals surface area contributed by atoms with Gasteiger partial charge in [-0.1, -0.05) is 12.1 Å². The van der Waals surface area contributed by atoms with Crippen LogP contribution in [0.2, 0.25) is 0 Å². The Morgan fingerprint density at radius 2 is 1.56 bits per heavy atom. The van der Waals surface area contributed by atoms with Gasteiger partial charge in [0.15, 0.2) is 5.78 Å². The molecule has 132 valence electrons. The van der Waals surface area contributed by atoms with Crippen LogP contribution in [0.25, 0.3) is 0 Å². The molecule has 1 aliphatic heterocycles. The summed E-state index contributed by atoms with van der Waals surface area (Å²) in [6, 6.07) is 10.6. The number of ketones is 1. The molecule has 1 aliphatic rings. The summed E-state index contributed by atoms with van der Waals surface area (Å²) in [4.78, 5) is 12.1. The molecule has 0 aliphatic carbocycles. The van der Waals surface area contributed by atoms with E-state index in [2.05, 4.69) is 0 Å². The molecule has 0 amide bonds. The quantitative estimate of drug-likeness (QED) is 0.782. The topological polar surface area (TPSA) is 54.5 Å². The third kappa shape index (κ3) is 3.62. The van der Waals surface area contributed by atoms with Crippen LogP contribution in [-0.2, 0) is 10.0 Å². The average Bonchev–Trinajstić information content (AvgIpc) is 2.62. The number of nitrogens with zero attached hydrogens (tertiary/aromatic N) is 1. The van der Waals surface area contributed by atoms with E-state index in [4.69, 9.17) is 0 Å². The molecule has 1 saturated heterocycles. The first kappa shape index (κ1) is 17.7. The van der Waals surface area contributed by atoms with Crippen LogP contribution in [0, 0.1) is 17.6 Å². The summed E-state index contributed by atoms with van der Waals surface area (Å²) in [5, 5.41) is 0. The lowest BCUT2D eigenvalue weighted by Gasteiger charge is -2.30. The van der Waals surface area contributed by atoms with Gasteiger partial charge in [0.25, 0.3) is 0 Å². The maximum Gasteiger partial charge on any atom is 0.245 e. The van der Waals surface area contributed by atoms with E-state index in [1.54, 1.807) is 0 Å². The minimum atomic E-state index is -3.91. The van der Waals surface area contributed by atoms with Crippen molar-refractivity contribution in [3.63, 3.8) is 0 Å². The van der Waals surface area contributed by atoms with Crippen LogP contribution in [0.15, 0.2) is 53.4 Å². The summed E-state index contributed by atoms with van der Waals surface area (Å²) in [7, 11) is -3.91. The number of Topliss-reactive ketones (excluding diaryl/α,β-unsaturated/α-hetero) is 1. The highest BCUT2D eigenvalue weighted by molar-refractivity contribution is 7.89. The van der Waals surface area contributed by atoms with Gasteiger partial charge >= 0.3 is 0 Å². The fraction of sp³-hybridized carbons (Fsp3) is 0.278. The maximum atomic E-state index is 13.8. The van der Waals surface area contributed by atoms with E-state index in [-0.39, 0.29) is 29.7 Å². The molecule has 3 rings (SSSR count). The summed E-state index contributed by atoms with van der Waals surface area (Å²) < 4.78 is 53.1. The number of hydrogen-bond donors (Lipinski definition) is 0. The highest BCUT2D eigenvalue weighted by atomic mass is 32.2. The summed E-state index contributed by atoms with van der Waals surface area (Å²) in [5.41, 5.74) is 0.414. The standard InChI is InChI=1S/C18H17F2NO3S/c19-15-7-5-13(6-8-15)18(22)14-9-11-21(12-10-14)25(23,24)17-4-2-1-3-16(17)20/h1-8,14H,9-12H2. The Hall–Kier alpha value is -2.12. The molecule has 2 aromatic rings. The molecule has 25 heavy (non-hydrogen) atoms. The fourth-order valence-corrected chi connectivity index (χ4v) is 4.54. The van der Waals surface area contributed by atoms with E-state index in [0.717, 1.165) is 6.07 Å². The van der Waals surface area contributed by atoms with E-state index in [0.29, 0.717) is 18.4 Å². The smallest absolute Gasteiger partial charge is 0.245 e. The molecular formula is C18H17F2NO3S. The number of rotatable bonds is 4. The number of carbonyl (C=O) groups is 1. The molecule has 0 atom stereocenters. The van der Waals surface area contributed by atoms with Crippen molar-refractivity contribution in [2.75, 3.05) is 13.1 Å². The number of benzene rings is 2. The lowest BCUT2D eigenvalue weighted by atomic mass is 9.90. The fourth-order valence-electron chi connectivity index (χ4n) is 3.00. The Morgan fingerprint density at radius 3 is 2.16 bits per heavy atom. The molecular weight excluding hydrogens is 348 g/mol. The van der Waals surface area contributed by atoms with Gasteiger partial charge in [0.2, 0.25) is 10.0 Å². The minimum Gasteiger partial charge on any atom is -0.294 e. The molecule has 0 saturated carbocycles. The molecule has 0 radical (unpaired) electrons. The Bertz CT molecular complexity index is 873. The molecule has 1 fully saturated rings. The summed E-state index contributed by atoms with van der Waals surface area (Å²) in [5.74, 6) is -1.64. The molecule has 0 unspecified atom stereocenters. The molecule has 0 N–H and O–H groups in total. The van der Waals surface area contributed by atoms with Gasteiger partial charge in [-0.25, -0.2) is 17.2 Å². The summed E-state index contributed by atoms with van der Waals surface area (Å²) >= 11 is 0. The third-order valence-corrected chi connectivity index (χ3v) is 6.34. The Morgan fingerprint density at radius 1 is 0.960 bits per heavy atom. The van der Waals surface area contributed by atoms with Crippen molar-refractivity contribution in [1.29, 1.82) is 0 Å². The molecule has 0 bridgehead atoms. The number of sulfonamides is 1. The van der Waals surface area contributed by atoms with Gasteiger partial charge < -0.3 is 0 Å². The predicted molar refractivity (Wildman–Crippen MR) is 88.6 cm³/mol. The van der Waals surface area contributed by atoms with Gasteiger partial charge in [0.1, 0.15) is 16.5 Å². The van der Waals surface area contributed by atoms with Gasteiger partial charge in [-0.3, -0.25) is 4.79 Å². The third-order valence-electron chi connectivity index (χ3n) is 4.41. The van der Waals surface area contributed by atoms with Crippen LogP contribution in [-0.4, -0.2) is 31.6 Å². The monoisotopic (exact) mass is 365 g/mol. The number of hydrogen-bond acceptors (Lipinski definition) is 3. The van der Waals surface area contributed by atoms with Gasteiger partial charge in [-0.15, -0.1) is 0 Å². The zero-order valence-corrected chi connectivity index (χ0v) is 14.2. The molecule has 0 spiro atoms. The lowest BCUT2D eigenvalue weighted by Crippen LogP contribution is -2.40. The van der Waals surface area contributed by atoms with Gasteiger partial charge in [-0.2, -0.15) is 4.31 Å². The lowest BCUT2D eigenvalue weighted by molar-refractivity contribution is 0.0875. The van der Waals surface area contributed by atoms with Crippen LogP contribution in [0.5, 0.6) is 0 Å². The first-order valence-corrected chi connectivity index (χ1v) is 9.38. The van der Waals surface area contributed by atoms with Crippen molar-refractivity contribution in [1.82, 2.24) is 4.31 Å². The molecule has 7 heteroatoms. The van der Waals surface area contributed by atoms with Crippen molar-refractivity contribution < 1.29 is 22.0 Å². The molecule has 1 heterocycles. The van der Waals surface area contributed by atoms with E-state index < -0.39 is 21.7 Å². The van der Waals surface area contributed by atoms with Crippen molar-refractivity contribution in [2.24, 2.45) is 5.92 Å². The van der Waals surface area contributed by atoms with Crippen LogP contribution < -0.4 is 0 Å². The second kappa shape index (κ2) is 7.01. The maximum absolute atomic E-state index is 13.8. The molecule has 2 aromatic carbocycles. The zero-order chi connectivity index (χ0) is 18.0. The second-order valence-corrected chi connectivity index (χ2v) is 7.89. The predicted octanol–water partition coefficient (Wildman–Crippen LogP) is 3.25. The Balaban J connectivity index is 1.70. The van der Waals surface area contributed by atoms with Crippen LogP contribution >= 0.6 is 0 Å². The SMILES string of the molecule is O=C(c1ccc(F)cc1)C1CCN(S(=O)(=O)c2ccccc2F)CC1. The number of carbonyl (C=O) groups excluding carboxylic acids is 1. The second-order valence-electron chi connectivity index (χ2n) is 5.98. The normalized spacial score (nSPS) is 16.7. The highest BCUT2D eigenvalue weighted by Crippen LogP contribution is 2.27. The number of piperidine rings is 1. The van der Waals surface area contributed by atoms with Crippen molar-refractivity contribution in [3.05, 3.63) is 65.7 Å². The highest BCUT2D eigenvalue weighted by Gasteiger charge is 2.33. The minimum absolute atomic E-state index is 0.122. The first-order chi connectivity index (χ1) is 11.9. The molecule has 4 nitrogen and oxygen atoms in total. The largest absolute Gasteiger partial charge is 0.294 e. The van der Waals surface area contributed by atoms with Gasteiger partial charge in [0, 0.05) is 24.6 Å². The van der Waals surface area contributed by atoms with Gasteiger partial charge in [0.05, 0.1) is 0 Å². The first-order valence-electron chi connectivity index (χ1n) is 7.94. The van der Waals surface area contributed by atoms with Crippen LogP contribution in [0.3, 0.4) is 0 Å². The van der Waals surface area contributed by atoms with E-state index in [1.165, 1.54) is 46.8 Å². The Labute approximate surface area is 145 Å². The van der Waals surface area contributed by atoms with Crippen LogP contribution in [0.1, 0.15) is 23.2 Å².